The molecule has 0 aromatic rings. The normalized spacial score (nSPS) is 33.3. The second kappa shape index (κ2) is 2.60. The molecule has 54 valence electrons. The molecule has 2 atom stereocenters. The Morgan fingerprint density at radius 1 is 1.56 bits per heavy atom. The van der Waals surface area contributed by atoms with Crippen molar-refractivity contribution in [1.29, 1.82) is 0 Å². The highest BCUT2D eigenvalue weighted by Gasteiger charge is 2.42. The molecule has 0 aromatic heterocycles. The monoisotopic (exact) mass is 135 g/mol. The second-order valence-corrected chi connectivity index (χ2v) is 2.57. The zero-order chi connectivity index (χ0) is 6.85. The van der Waals surface area contributed by atoms with Crippen molar-refractivity contribution in [3.05, 3.63) is 0 Å². The fraction of sp³-hybridized carbons (Fsp3) is 1.00. The lowest BCUT2D eigenvalue weighted by atomic mass is 10.2. The Labute approximate surface area is 53.2 Å². The van der Waals surface area contributed by atoms with E-state index >= 15 is 0 Å². The Hall–Kier alpha value is -0.180. The standard InChI is InChI=1S/C6H11F2N/c7-6(8)5-3-4(5)1-2-9/h4-6H,1-3,9H2. The van der Waals surface area contributed by atoms with Gasteiger partial charge in [-0.05, 0) is 25.3 Å². The average molecular weight is 135 g/mol. The Kier molecular flexibility index (Phi) is 2.01. The quantitative estimate of drug-likeness (QED) is 0.619. The van der Waals surface area contributed by atoms with Crippen LogP contribution in [0, 0.1) is 11.8 Å². The molecule has 0 aromatic carbocycles. The van der Waals surface area contributed by atoms with Crippen LogP contribution in [0.4, 0.5) is 8.78 Å². The minimum atomic E-state index is -2.11. The average Bonchev–Trinajstić information content (AvgIpc) is 2.47. The van der Waals surface area contributed by atoms with E-state index in [0.717, 1.165) is 6.42 Å². The number of hydrogen-bond acceptors (Lipinski definition) is 1. The molecule has 0 spiro atoms. The zero-order valence-electron chi connectivity index (χ0n) is 5.19. The summed E-state index contributed by atoms with van der Waals surface area (Å²) in [7, 11) is 0. The van der Waals surface area contributed by atoms with Crippen LogP contribution in [0.1, 0.15) is 12.8 Å². The molecule has 1 aliphatic rings. The maximum Gasteiger partial charge on any atom is 0.241 e. The predicted octanol–water partition coefficient (Wildman–Crippen LogP) is 1.24. The summed E-state index contributed by atoms with van der Waals surface area (Å²) in [6.07, 6.45) is -0.648. The van der Waals surface area contributed by atoms with E-state index in [1.165, 1.54) is 0 Å². The van der Waals surface area contributed by atoms with E-state index in [1.807, 2.05) is 0 Å². The third kappa shape index (κ3) is 1.61. The number of alkyl halides is 2. The molecule has 2 unspecified atom stereocenters. The van der Waals surface area contributed by atoms with Gasteiger partial charge >= 0.3 is 0 Å². The summed E-state index contributed by atoms with van der Waals surface area (Å²) < 4.78 is 23.5. The molecule has 0 radical (unpaired) electrons. The van der Waals surface area contributed by atoms with E-state index in [2.05, 4.69) is 0 Å². The Bertz CT molecular complexity index is 95.1. The van der Waals surface area contributed by atoms with Crippen molar-refractivity contribution < 1.29 is 8.78 Å². The lowest BCUT2D eigenvalue weighted by Gasteiger charge is -1.94. The van der Waals surface area contributed by atoms with Gasteiger partial charge in [-0.15, -0.1) is 0 Å². The summed E-state index contributed by atoms with van der Waals surface area (Å²) in [5.74, 6) is -0.0939. The summed E-state index contributed by atoms with van der Waals surface area (Å²) in [5, 5.41) is 0. The minimum Gasteiger partial charge on any atom is -0.330 e. The zero-order valence-corrected chi connectivity index (χ0v) is 5.19. The SMILES string of the molecule is NCCC1CC1C(F)F. The first-order chi connectivity index (χ1) is 4.25. The van der Waals surface area contributed by atoms with E-state index < -0.39 is 6.43 Å². The fourth-order valence-electron chi connectivity index (χ4n) is 1.13. The third-order valence-corrected chi connectivity index (χ3v) is 1.84. The molecule has 0 amide bonds. The molecule has 2 N–H and O–H groups in total. The number of rotatable bonds is 3. The van der Waals surface area contributed by atoms with Gasteiger partial charge in [0.2, 0.25) is 6.43 Å². The Morgan fingerprint density at radius 3 is 2.56 bits per heavy atom. The molecule has 1 saturated carbocycles. The van der Waals surface area contributed by atoms with Crippen LogP contribution >= 0.6 is 0 Å². The van der Waals surface area contributed by atoms with Crippen molar-refractivity contribution in [2.75, 3.05) is 6.54 Å². The lowest BCUT2D eigenvalue weighted by molar-refractivity contribution is 0.115. The van der Waals surface area contributed by atoms with Crippen LogP contribution in [0.5, 0.6) is 0 Å². The van der Waals surface area contributed by atoms with Crippen molar-refractivity contribution in [2.24, 2.45) is 17.6 Å². The van der Waals surface area contributed by atoms with Gasteiger partial charge < -0.3 is 5.73 Å². The molecular weight excluding hydrogens is 124 g/mol. The molecule has 1 aliphatic carbocycles. The van der Waals surface area contributed by atoms with Crippen LogP contribution in [0.2, 0.25) is 0 Å². The molecular formula is C6H11F2N. The van der Waals surface area contributed by atoms with Gasteiger partial charge in [0.15, 0.2) is 0 Å². The van der Waals surface area contributed by atoms with Gasteiger partial charge in [-0.2, -0.15) is 0 Å². The number of halogens is 2. The summed E-state index contributed by atoms with van der Waals surface area (Å²) in [6, 6.07) is 0. The highest BCUT2D eigenvalue weighted by atomic mass is 19.3. The van der Waals surface area contributed by atoms with E-state index in [9.17, 15) is 8.78 Å². The first-order valence-corrected chi connectivity index (χ1v) is 3.24. The van der Waals surface area contributed by atoms with Crippen molar-refractivity contribution in [2.45, 2.75) is 19.3 Å². The maximum atomic E-state index is 11.8. The van der Waals surface area contributed by atoms with Crippen molar-refractivity contribution in [3.63, 3.8) is 0 Å². The molecule has 0 aliphatic heterocycles. The number of nitrogens with two attached hydrogens (primary N) is 1. The number of hydrogen-bond donors (Lipinski definition) is 1. The smallest absolute Gasteiger partial charge is 0.241 e. The van der Waals surface area contributed by atoms with Gasteiger partial charge in [-0.3, -0.25) is 0 Å². The molecule has 3 heteroatoms. The predicted molar refractivity (Wildman–Crippen MR) is 31.3 cm³/mol. The van der Waals surface area contributed by atoms with E-state index in [-0.39, 0.29) is 11.8 Å². The maximum absolute atomic E-state index is 11.8. The summed E-state index contributed by atoms with van der Waals surface area (Å²) in [5.41, 5.74) is 5.19. The molecule has 1 rings (SSSR count). The van der Waals surface area contributed by atoms with Crippen LogP contribution in [-0.4, -0.2) is 13.0 Å². The van der Waals surface area contributed by atoms with Crippen LogP contribution in [0.25, 0.3) is 0 Å². The fourth-order valence-corrected chi connectivity index (χ4v) is 1.13. The molecule has 0 saturated heterocycles. The van der Waals surface area contributed by atoms with Crippen molar-refractivity contribution >= 4 is 0 Å². The Balaban J connectivity index is 2.09. The van der Waals surface area contributed by atoms with Gasteiger partial charge in [-0.1, -0.05) is 0 Å². The van der Waals surface area contributed by atoms with E-state index in [1.54, 1.807) is 0 Å². The second-order valence-electron chi connectivity index (χ2n) is 2.57. The van der Waals surface area contributed by atoms with Gasteiger partial charge in [0, 0.05) is 5.92 Å². The summed E-state index contributed by atoms with van der Waals surface area (Å²) in [4.78, 5) is 0. The topological polar surface area (TPSA) is 26.0 Å². The van der Waals surface area contributed by atoms with Gasteiger partial charge in [0.1, 0.15) is 0 Å². The minimum absolute atomic E-state index is 0.231. The molecule has 0 bridgehead atoms. The van der Waals surface area contributed by atoms with Crippen molar-refractivity contribution in [3.8, 4) is 0 Å². The first-order valence-electron chi connectivity index (χ1n) is 3.24. The highest BCUT2D eigenvalue weighted by Crippen LogP contribution is 2.44. The summed E-state index contributed by atoms with van der Waals surface area (Å²) >= 11 is 0. The molecule has 9 heavy (non-hydrogen) atoms. The van der Waals surface area contributed by atoms with Crippen LogP contribution in [0.3, 0.4) is 0 Å². The molecule has 1 nitrogen and oxygen atoms in total. The first kappa shape index (κ1) is 6.93. The van der Waals surface area contributed by atoms with Gasteiger partial charge in [0.25, 0.3) is 0 Å². The van der Waals surface area contributed by atoms with E-state index in [0.29, 0.717) is 13.0 Å². The van der Waals surface area contributed by atoms with Gasteiger partial charge in [-0.25, -0.2) is 8.78 Å². The largest absolute Gasteiger partial charge is 0.330 e. The molecule has 1 fully saturated rings. The summed E-state index contributed by atoms with van der Waals surface area (Å²) in [6.45, 7) is 0.549. The van der Waals surface area contributed by atoms with Gasteiger partial charge in [0.05, 0.1) is 0 Å². The van der Waals surface area contributed by atoms with Crippen molar-refractivity contribution in [1.82, 2.24) is 0 Å². The third-order valence-electron chi connectivity index (χ3n) is 1.84. The van der Waals surface area contributed by atoms with Crippen LogP contribution < -0.4 is 5.73 Å². The Morgan fingerprint density at radius 2 is 2.22 bits per heavy atom. The highest BCUT2D eigenvalue weighted by molar-refractivity contribution is 4.87. The lowest BCUT2D eigenvalue weighted by Crippen LogP contribution is -2.02. The molecule has 0 heterocycles. The van der Waals surface area contributed by atoms with E-state index in [4.69, 9.17) is 5.73 Å². The van der Waals surface area contributed by atoms with Crippen LogP contribution in [0.15, 0.2) is 0 Å². The van der Waals surface area contributed by atoms with Crippen LogP contribution in [-0.2, 0) is 0 Å².